The van der Waals surface area contributed by atoms with Gasteiger partial charge in [-0.2, -0.15) is 0 Å². The van der Waals surface area contributed by atoms with Gasteiger partial charge in [-0.15, -0.1) is 0 Å². The summed E-state index contributed by atoms with van der Waals surface area (Å²) < 4.78 is 5.21. The average Bonchev–Trinajstić information content (AvgIpc) is 3.57. The van der Waals surface area contributed by atoms with Crippen LogP contribution in [-0.4, -0.2) is 65.0 Å². The molecule has 0 aliphatic carbocycles. The molecule has 0 spiro atoms. The van der Waals surface area contributed by atoms with Gasteiger partial charge in [0.2, 0.25) is 5.95 Å². The van der Waals surface area contributed by atoms with E-state index < -0.39 is 0 Å². The standard InChI is InChI=1S/C27H31N5O2/c1-34-25-12-8-20(9-13-25)22-17-28-27(29-18-22)30-23-10-6-21(7-11-23)26(33)32-16-4-5-24(32)19-31-14-2-3-15-31/h6-13,17-18,24H,2-5,14-16,19H2,1H3,(H,28,29,30)/t24-/m0/s1. The molecule has 0 unspecified atom stereocenters. The van der Waals surface area contributed by atoms with E-state index in [9.17, 15) is 4.79 Å². The minimum atomic E-state index is 0.133. The van der Waals surface area contributed by atoms with Gasteiger partial charge >= 0.3 is 0 Å². The molecule has 7 heteroatoms. The third kappa shape index (κ3) is 5.04. The number of hydrogen-bond donors (Lipinski definition) is 1. The van der Waals surface area contributed by atoms with E-state index in [4.69, 9.17) is 4.74 Å². The van der Waals surface area contributed by atoms with E-state index in [2.05, 4.69) is 25.1 Å². The van der Waals surface area contributed by atoms with Crippen molar-refractivity contribution in [3.63, 3.8) is 0 Å². The minimum Gasteiger partial charge on any atom is -0.497 e. The average molecular weight is 458 g/mol. The number of nitrogens with one attached hydrogen (secondary N) is 1. The number of carbonyl (C=O) groups is 1. The lowest BCUT2D eigenvalue weighted by Crippen LogP contribution is -2.42. The molecule has 2 fully saturated rings. The van der Waals surface area contributed by atoms with Gasteiger partial charge in [-0.25, -0.2) is 9.97 Å². The van der Waals surface area contributed by atoms with E-state index in [-0.39, 0.29) is 5.91 Å². The largest absolute Gasteiger partial charge is 0.497 e. The number of hydrogen-bond acceptors (Lipinski definition) is 6. The Labute approximate surface area is 200 Å². The second-order valence-electron chi connectivity index (χ2n) is 9.03. The number of carbonyl (C=O) groups excluding carboxylic acids is 1. The molecule has 1 aromatic heterocycles. The fourth-order valence-electron chi connectivity index (χ4n) is 4.87. The third-order valence-corrected chi connectivity index (χ3v) is 6.77. The maximum atomic E-state index is 13.2. The lowest BCUT2D eigenvalue weighted by Gasteiger charge is -2.28. The van der Waals surface area contributed by atoms with E-state index in [0.29, 0.717) is 12.0 Å². The molecule has 0 bridgehead atoms. The predicted molar refractivity (Wildman–Crippen MR) is 133 cm³/mol. The van der Waals surface area contributed by atoms with Crippen molar-refractivity contribution in [2.24, 2.45) is 0 Å². The Morgan fingerprint density at radius 1 is 0.941 bits per heavy atom. The summed E-state index contributed by atoms with van der Waals surface area (Å²) in [7, 11) is 1.65. The summed E-state index contributed by atoms with van der Waals surface area (Å²) >= 11 is 0. The summed E-state index contributed by atoms with van der Waals surface area (Å²) in [6.07, 6.45) is 8.34. The quantitative estimate of drug-likeness (QED) is 0.559. The van der Waals surface area contributed by atoms with Gasteiger partial charge in [0.25, 0.3) is 5.91 Å². The number of benzene rings is 2. The van der Waals surface area contributed by atoms with Crippen molar-refractivity contribution in [1.82, 2.24) is 19.8 Å². The normalized spacial score (nSPS) is 18.3. The highest BCUT2D eigenvalue weighted by molar-refractivity contribution is 5.95. The molecule has 0 saturated carbocycles. The zero-order valence-corrected chi connectivity index (χ0v) is 19.6. The van der Waals surface area contributed by atoms with Crippen LogP contribution in [0.2, 0.25) is 0 Å². The molecule has 176 valence electrons. The lowest BCUT2D eigenvalue weighted by molar-refractivity contribution is 0.0709. The number of ether oxygens (including phenoxy) is 1. The van der Waals surface area contributed by atoms with E-state index >= 15 is 0 Å². The molecule has 1 amide bonds. The molecule has 7 nitrogen and oxygen atoms in total. The Bertz CT molecular complexity index is 1090. The van der Waals surface area contributed by atoms with Crippen molar-refractivity contribution in [3.8, 4) is 16.9 Å². The van der Waals surface area contributed by atoms with Crippen LogP contribution in [0.4, 0.5) is 11.6 Å². The molecule has 2 saturated heterocycles. The van der Waals surface area contributed by atoms with Crippen molar-refractivity contribution in [2.45, 2.75) is 31.7 Å². The van der Waals surface area contributed by atoms with Crippen LogP contribution in [0.5, 0.6) is 5.75 Å². The Morgan fingerprint density at radius 2 is 1.65 bits per heavy atom. The van der Waals surface area contributed by atoms with Gasteiger partial charge < -0.3 is 19.9 Å². The Morgan fingerprint density at radius 3 is 2.32 bits per heavy atom. The lowest BCUT2D eigenvalue weighted by atomic mass is 10.1. The summed E-state index contributed by atoms with van der Waals surface area (Å²) in [6, 6.07) is 15.7. The van der Waals surface area contributed by atoms with Crippen molar-refractivity contribution in [1.29, 1.82) is 0 Å². The van der Waals surface area contributed by atoms with Gasteiger partial charge in [0, 0.05) is 48.3 Å². The topological polar surface area (TPSA) is 70.6 Å². The van der Waals surface area contributed by atoms with Crippen LogP contribution in [-0.2, 0) is 0 Å². The first kappa shape index (κ1) is 22.3. The Hall–Kier alpha value is -3.45. The summed E-state index contributed by atoms with van der Waals surface area (Å²) in [6.45, 7) is 4.20. The van der Waals surface area contributed by atoms with Crippen molar-refractivity contribution >= 4 is 17.5 Å². The Kier molecular flexibility index (Phi) is 6.72. The Balaban J connectivity index is 1.20. The smallest absolute Gasteiger partial charge is 0.254 e. The monoisotopic (exact) mass is 457 g/mol. The van der Waals surface area contributed by atoms with Crippen LogP contribution in [0.1, 0.15) is 36.0 Å². The molecular formula is C27H31N5O2. The van der Waals surface area contributed by atoms with Crippen LogP contribution in [0.15, 0.2) is 60.9 Å². The highest BCUT2D eigenvalue weighted by atomic mass is 16.5. The number of rotatable bonds is 7. The molecule has 1 N–H and O–H groups in total. The number of nitrogens with zero attached hydrogens (tertiary/aromatic N) is 4. The van der Waals surface area contributed by atoms with E-state index in [1.165, 1.54) is 25.9 Å². The number of anilines is 2. The molecule has 34 heavy (non-hydrogen) atoms. The number of aromatic nitrogens is 2. The first-order valence-electron chi connectivity index (χ1n) is 12.1. The molecule has 2 aromatic carbocycles. The first-order valence-corrected chi connectivity index (χ1v) is 12.1. The zero-order valence-electron chi connectivity index (χ0n) is 19.6. The molecule has 2 aliphatic heterocycles. The van der Waals surface area contributed by atoms with Crippen LogP contribution < -0.4 is 10.1 Å². The van der Waals surface area contributed by atoms with Gasteiger partial charge in [0.1, 0.15) is 5.75 Å². The molecule has 5 rings (SSSR count). The third-order valence-electron chi connectivity index (χ3n) is 6.77. The summed E-state index contributed by atoms with van der Waals surface area (Å²) in [5, 5.41) is 3.22. The maximum absolute atomic E-state index is 13.2. The van der Waals surface area contributed by atoms with Gasteiger partial charge in [-0.3, -0.25) is 4.79 Å². The second-order valence-corrected chi connectivity index (χ2v) is 9.03. The van der Waals surface area contributed by atoms with Gasteiger partial charge in [0.05, 0.1) is 7.11 Å². The van der Waals surface area contributed by atoms with Gasteiger partial charge in [0.15, 0.2) is 0 Å². The molecule has 2 aliphatic rings. The minimum absolute atomic E-state index is 0.133. The summed E-state index contributed by atoms with van der Waals surface area (Å²) in [5.41, 5.74) is 3.54. The van der Waals surface area contributed by atoms with Gasteiger partial charge in [-0.1, -0.05) is 12.1 Å². The molecule has 0 radical (unpaired) electrons. The van der Waals surface area contributed by atoms with Crippen molar-refractivity contribution < 1.29 is 9.53 Å². The molecular weight excluding hydrogens is 426 g/mol. The number of likely N-dealkylation sites (tertiary alicyclic amines) is 2. The fourth-order valence-corrected chi connectivity index (χ4v) is 4.87. The van der Waals surface area contributed by atoms with Crippen LogP contribution in [0.25, 0.3) is 11.1 Å². The SMILES string of the molecule is COc1ccc(-c2cnc(Nc3ccc(C(=O)N4CCC[C@H]4CN4CCCC4)cc3)nc2)cc1. The van der Waals surface area contributed by atoms with E-state index in [0.717, 1.165) is 54.1 Å². The van der Waals surface area contributed by atoms with Crippen molar-refractivity contribution in [3.05, 3.63) is 66.5 Å². The molecule has 3 aromatic rings. The zero-order chi connectivity index (χ0) is 23.3. The maximum Gasteiger partial charge on any atom is 0.254 e. The number of methoxy groups -OCH3 is 1. The first-order chi connectivity index (χ1) is 16.7. The van der Waals surface area contributed by atoms with E-state index in [1.807, 2.05) is 48.5 Å². The predicted octanol–water partition coefficient (Wildman–Crippen LogP) is 4.60. The van der Waals surface area contributed by atoms with Crippen LogP contribution >= 0.6 is 0 Å². The fraction of sp³-hybridized carbons (Fsp3) is 0.370. The van der Waals surface area contributed by atoms with Crippen LogP contribution in [0, 0.1) is 0 Å². The number of amides is 1. The highest BCUT2D eigenvalue weighted by Gasteiger charge is 2.31. The summed E-state index contributed by atoms with van der Waals surface area (Å²) in [5.74, 6) is 1.46. The molecule has 3 heterocycles. The van der Waals surface area contributed by atoms with E-state index in [1.54, 1.807) is 19.5 Å². The summed E-state index contributed by atoms with van der Waals surface area (Å²) in [4.78, 5) is 26.6. The van der Waals surface area contributed by atoms with Crippen molar-refractivity contribution in [2.75, 3.05) is 38.6 Å². The highest BCUT2D eigenvalue weighted by Crippen LogP contribution is 2.25. The van der Waals surface area contributed by atoms with Gasteiger partial charge in [-0.05, 0) is 80.7 Å². The molecule has 1 atom stereocenters. The second kappa shape index (κ2) is 10.2. The van der Waals surface area contributed by atoms with Crippen LogP contribution in [0.3, 0.4) is 0 Å².